The first-order valence-corrected chi connectivity index (χ1v) is 7.58. The molecule has 0 aliphatic carbocycles. The van der Waals surface area contributed by atoms with E-state index in [0.29, 0.717) is 11.1 Å². The zero-order valence-corrected chi connectivity index (χ0v) is 11.6. The van der Waals surface area contributed by atoms with Gasteiger partial charge in [-0.2, -0.15) is 0 Å². The molecule has 0 aromatic carbocycles. The van der Waals surface area contributed by atoms with Crippen LogP contribution >= 0.6 is 0 Å². The Morgan fingerprint density at radius 2 is 1.53 bits per heavy atom. The summed E-state index contributed by atoms with van der Waals surface area (Å²) in [6.45, 7) is 6.43. The van der Waals surface area contributed by atoms with E-state index in [0.717, 1.165) is 6.42 Å². The van der Waals surface area contributed by atoms with E-state index >= 15 is 0 Å². The molecule has 0 amide bonds. The van der Waals surface area contributed by atoms with Crippen molar-refractivity contribution in [2.45, 2.75) is 88.6 Å². The third-order valence-corrected chi connectivity index (χ3v) is 4.87. The van der Waals surface area contributed by atoms with Crippen molar-refractivity contribution < 1.29 is 0 Å². The van der Waals surface area contributed by atoms with Crippen LogP contribution in [-0.4, -0.2) is 11.1 Å². The predicted molar refractivity (Wildman–Crippen MR) is 75.3 cm³/mol. The lowest BCUT2D eigenvalue weighted by Crippen LogP contribution is -2.59. The maximum atomic E-state index is 4.04. The Balaban J connectivity index is 2.11. The third-order valence-electron chi connectivity index (χ3n) is 4.87. The summed E-state index contributed by atoms with van der Waals surface area (Å²) in [6.07, 6.45) is 17.2. The van der Waals surface area contributed by atoms with E-state index in [9.17, 15) is 0 Å². The minimum Gasteiger partial charge on any atom is -0.306 e. The summed E-state index contributed by atoms with van der Waals surface area (Å²) in [4.78, 5) is 0. The van der Waals surface area contributed by atoms with Gasteiger partial charge in [0, 0.05) is 11.1 Å². The van der Waals surface area contributed by atoms with Crippen LogP contribution in [-0.2, 0) is 0 Å². The van der Waals surface area contributed by atoms with E-state index in [1.807, 2.05) is 0 Å². The van der Waals surface area contributed by atoms with Crippen LogP contribution in [0.2, 0.25) is 0 Å². The highest BCUT2D eigenvalue weighted by atomic mass is 15.1. The summed E-state index contributed by atoms with van der Waals surface area (Å²) in [6, 6.07) is 0. The van der Waals surface area contributed by atoms with Gasteiger partial charge < -0.3 is 5.32 Å². The summed E-state index contributed by atoms with van der Waals surface area (Å²) in [5, 5.41) is 4.04. The normalized spacial score (nSPS) is 39.6. The Kier molecular flexibility index (Phi) is 4.30. The molecule has 0 radical (unpaired) electrons. The van der Waals surface area contributed by atoms with Gasteiger partial charge in [0.25, 0.3) is 0 Å². The molecule has 1 N–H and O–H groups in total. The molecule has 0 saturated carbocycles. The number of piperidine rings is 1. The molecule has 17 heavy (non-hydrogen) atoms. The van der Waals surface area contributed by atoms with E-state index in [1.54, 1.807) is 0 Å². The van der Waals surface area contributed by atoms with Crippen LogP contribution in [0.3, 0.4) is 0 Å². The lowest BCUT2D eigenvalue weighted by molar-refractivity contribution is 0.116. The van der Waals surface area contributed by atoms with Gasteiger partial charge in [0.2, 0.25) is 0 Å². The number of hydrogen-bond acceptors (Lipinski definition) is 1. The third kappa shape index (κ3) is 3.34. The van der Waals surface area contributed by atoms with Crippen molar-refractivity contribution in [2.75, 3.05) is 0 Å². The number of fused-ring (bicyclic) bond motifs is 2. The lowest BCUT2D eigenvalue weighted by Gasteiger charge is -2.49. The van der Waals surface area contributed by atoms with Crippen molar-refractivity contribution >= 4 is 0 Å². The summed E-state index contributed by atoms with van der Waals surface area (Å²) in [5.41, 5.74) is 0.782. The molecule has 0 aromatic heterocycles. The van der Waals surface area contributed by atoms with Crippen LogP contribution in [0, 0.1) is 0 Å². The monoisotopic (exact) mass is 235 g/mol. The van der Waals surface area contributed by atoms with Gasteiger partial charge in [-0.1, -0.05) is 38.2 Å². The van der Waals surface area contributed by atoms with Gasteiger partial charge in [0.15, 0.2) is 0 Å². The zero-order valence-electron chi connectivity index (χ0n) is 11.6. The molecule has 1 heteroatoms. The van der Waals surface area contributed by atoms with Gasteiger partial charge in [0.1, 0.15) is 0 Å². The van der Waals surface area contributed by atoms with Gasteiger partial charge in [-0.15, -0.1) is 6.58 Å². The fourth-order valence-electron chi connectivity index (χ4n) is 4.00. The fraction of sp³-hybridized carbons (Fsp3) is 0.875. The summed E-state index contributed by atoms with van der Waals surface area (Å²) in [7, 11) is 0. The lowest BCUT2D eigenvalue weighted by atomic mass is 9.73. The van der Waals surface area contributed by atoms with E-state index < -0.39 is 0 Å². The Hall–Kier alpha value is -0.300. The van der Waals surface area contributed by atoms with Gasteiger partial charge in [-0.05, 0) is 45.4 Å². The molecule has 2 fully saturated rings. The predicted octanol–water partition coefficient (Wildman–Crippen LogP) is 4.58. The average Bonchev–Trinajstić information content (AvgIpc) is 2.27. The van der Waals surface area contributed by atoms with Crippen LogP contribution in [0.25, 0.3) is 0 Å². The van der Waals surface area contributed by atoms with Gasteiger partial charge in [0.05, 0.1) is 0 Å². The largest absolute Gasteiger partial charge is 0.306 e. The minimum absolute atomic E-state index is 0.381. The summed E-state index contributed by atoms with van der Waals surface area (Å²) in [5.74, 6) is 0. The topological polar surface area (TPSA) is 12.0 Å². The summed E-state index contributed by atoms with van der Waals surface area (Å²) < 4.78 is 0. The number of nitrogens with one attached hydrogen (secondary N) is 1. The molecular formula is C16H29N. The second-order valence-corrected chi connectivity index (χ2v) is 6.58. The van der Waals surface area contributed by atoms with Crippen molar-refractivity contribution in [3.05, 3.63) is 12.7 Å². The molecule has 0 spiro atoms. The standard InChI is InChI=1S/C16H29N/c1-3-10-16-13-8-6-4-5-7-11-15(2,17-16)12-9-14-16/h3,17H,1,4-14H2,2H3. The molecule has 2 heterocycles. The highest BCUT2D eigenvalue weighted by Gasteiger charge is 2.39. The fourth-order valence-corrected chi connectivity index (χ4v) is 4.00. The zero-order chi connectivity index (χ0) is 12.2. The van der Waals surface area contributed by atoms with Crippen LogP contribution in [0.4, 0.5) is 0 Å². The highest BCUT2D eigenvalue weighted by molar-refractivity contribution is 5.03. The molecule has 2 atom stereocenters. The molecule has 2 rings (SSSR count). The van der Waals surface area contributed by atoms with Crippen molar-refractivity contribution in [1.29, 1.82) is 0 Å². The van der Waals surface area contributed by atoms with Crippen LogP contribution in [0.15, 0.2) is 12.7 Å². The highest BCUT2D eigenvalue weighted by Crippen LogP contribution is 2.38. The molecule has 2 aliphatic heterocycles. The van der Waals surface area contributed by atoms with Crippen LogP contribution in [0.5, 0.6) is 0 Å². The number of hydrogen-bond donors (Lipinski definition) is 1. The van der Waals surface area contributed by atoms with Gasteiger partial charge in [-0.3, -0.25) is 0 Å². The van der Waals surface area contributed by atoms with Gasteiger partial charge in [-0.25, -0.2) is 0 Å². The SMILES string of the molecule is C=CCC12CCCCCCCC(C)(CCC1)N2. The second kappa shape index (κ2) is 5.56. The van der Waals surface area contributed by atoms with E-state index in [4.69, 9.17) is 0 Å². The molecular weight excluding hydrogens is 206 g/mol. The van der Waals surface area contributed by atoms with Crippen molar-refractivity contribution in [3.8, 4) is 0 Å². The first-order chi connectivity index (χ1) is 8.18. The van der Waals surface area contributed by atoms with Gasteiger partial charge >= 0.3 is 0 Å². The van der Waals surface area contributed by atoms with E-state index in [2.05, 4.69) is 24.9 Å². The van der Waals surface area contributed by atoms with Crippen molar-refractivity contribution in [2.24, 2.45) is 0 Å². The molecule has 98 valence electrons. The number of rotatable bonds is 2. The molecule has 2 saturated heterocycles. The quantitative estimate of drug-likeness (QED) is 0.691. The maximum absolute atomic E-state index is 4.04. The van der Waals surface area contributed by atoms with Crippen LogP contribution in [0.1, 0.15) is 77.6 Å². The Morgan fingerprint density at radius 3 is 2.29 bits per heavy atom. The molecule has 2 unspecified atom stereocenters. The maximum Gasteiger partial charge on any atom is 0.0220 e. The van der Waals surface area contributed by atoms with E-state index in [-0.39, 0.29) is 0 Å². The van der Waals surface area contributed by atoms with Crippen molar-refractivity contribution in [1.82, 2.24) is 5.32 Å². The van der Waals surface area contributed by atoms with E-state index in [1.165, 1.54) is 64.2 Å². The molecule has 2 aliphatic rings. The second-order valence-electron chi connectivity index (χ2n) is 6.58. The average molecular weight is 235 g/mol. The Morgan fingerprint density at radius 1 is 0.941 bits per heavy atom. The Labute approximate surface area is 107 Å². The smallest absolute Gasteiger partial charge is 0.0220 e. The molecule has 0 aromatic rings. The Bertz CT molecular complexity index is 260. The molecule has 1 nitrogen and oxygen atoms in total. The molecule has 2 bridgehead atoms. The summed E-state index contributed by atoms with van der Waals surface area (Å²) >= 11 is 0. The minimum atomic E-state index is 0.381. The first kappa shape index (κ1) is 13.1. The van der Waals surface area contributed by atoms with Crippen molar-refractivity contribution in [3.63, 3.8) is 0 Å². The van der Waals surface area contributed by atoms with Crippen LogP contribution < -0.4 is 5.32 Å². The first-order valence-electron chi connectivity index (χ1n) is 7.58.